The van der Waals surface area contributed by atoms with Crippen molar-refractivity contribution in [2.45, 2.75) is 0 Å². The molecule has 2 heterocycles. The number of hydrogen-bond acceptors (Lipinski definition) is 4. The number of benzene rings is 3. The zero-order valence-corrected chi connectivity index (χ0v) is 17.7. The van der Waals surface area contributed by atoms with E-state index in [4.69, 9.17) is 4.74 Å². The van der Waals surface area contributed by atoms with Crippen molar-refractivity contribution >= 4 is 28.4 Å². The highest BCUT2D eigenvalue weighted by molar-refractivity contribution is 5.99. The Bertz CT molecular complexity index is 1460. The minimum atomic E-state index is -0.482. The molecule has 4 N–H and O–H groups in total. The van der Waals surface area contributed by atoms with Gasteiger partial charge in [-0.1, -0.05) is 6.07 Å². The monoisotopic (exact) mass is 454 g/mol. The van der Waals surface area contributed by atoms with Crippen LogP contribution in [0.1, 0.15) is 0 Å². The number of aromatic hydroxyl groups is 1. The summed E-state index contributed by atoms with van der Waals surface area (Å²) in [5.74, 6) is 0.973. The Hall–Kier alpha value is -4.85. The maximum absolute atomic E-state index is 13.3. The lowest BCUT2D eigenvalue weighted by molar-refractivity contribution is 0.262. The number of rotatable bonds is 5. The quantitative estimate of drug-likeness (QED) is 0.243. The lowest BCUT2D eigenvalue weighted by Gasteiger charge is -2.10. The van der Waals surface area contributed by atoms with E-state index in [1.807, 2.05) is 18.2 Å². The van der Waals surface area contributed by atoms with Crippen LogP contribution in [0.15, 0.2) is 91.1 Å². The van der Waals surface area contributed by atoms with Crippen LogP contribution in [0.25, 0.3) is 22.3 Å². The van der Waals surface area contributed by atoms with Gasteiger partial charge in [0.25, 0.3) is 0 Å². The molecule has 7 nitrogen and oxygen atoms in total. The first-order valence-corrected chi connectivity index (χ1v) is 10.4. The number of hydrogen-bond donors (Lipinski definition) is 4. The molecule has 168 valence electrons. The molecule has 5 aromatic rings. The minimum Gasteiger partial charge on any atom is -0.508 e. The number of carbonyl (C=O) groups is 1. The molecule has 2 aromatic heterocycles. The second-order valence-electron chi connectivity index (χ2n) is 7.52. The molecule has 0 radical (unpaired) electrons. The topological polar surface area (TPSA) is 99.3 Å². The van der Waals surface area contributed by atoms with Crippen LogP contribution in [0, 0.1) is 5.82 Å². The zero-order valence-electron chi connectivity index (χ0n) is 17.7. The predicted octanol–water partition coefficient (Wildman–Crippen LogP) is 6.51. The average molecular weight is 454 g/mol. The smallest absolute Gasteiger partial charge is 0.323 e. The summed E-state index contributed by atoms with van der Waals surface area (Å²) in [7, 11) is 0. The second-order valence-corrected chi connectivity index (χ2v) is 7.52. The molecule has 0 unspecified atom stereocenters. The Morgan fingerprint density at radius 3 is 2.44 bits per heavy atom. The van der Waals surface area contributed by atoms with Crippen molar-refractivity contribution in [1.29, 1.82) is 0 Å². The third-order valence-corrected chi connectivity index (χ3v) is 5.09. The van der Waals surface area contributed by atoms with E-state index in [1.54, 1.807) is 54.7 Å². The maximum Gasteiger partial charge on any atom is 0.323 e. The molecule has 8 heteroatoms. The third-order valence-electron chi connectivity index (χ3n) is 5.09. The fraction of sp³-hybridized carbons (Fsp3) is 0. The van der Waals surface area contributed by atoms with Crippen molar-refractivity contribution < 1.29 is 19.0 Å². The molecule has 0 aliphatic carbocycles. The van der Waals surface area contributed by atoms with Crippen molar-refractivity contribution in [3.8, 4) is 28.5 Å². The molecule has 34 heavy (non-hydrogen) atoms. The van der Waals surface area contributed by atoms with Crippen LogP contribution >= 0.6 is 0 Å². The number of phenolic OH excluding ortho intramolecular Hbond substituents is 1. The van der Waals surface area contributed by atoms with Crippen LogP contribution in [-0.4, -0.2) is 21.1 Å². The maximum atomic E-state index is 13.3. The number of anilines is 2. The van der Waals surface area contributed by atoms with Crippen molar-refractivity contribution in [1.82, 2.24) is 9.97 Å². The summed E-state index contributed by atoms with van der Waals surface area (Å²) in [5, 5.41) is 15.6. The van der Waals surface area contributed by atoms with E-state index in [2.05, 4.69) is 20.6 Å². The second kappa shape index (κ2) is 8.95. The number of pyridine rings is 1. The first kappa shape index (κ1) is 21.0. The van der Waals surface area contributed by atoms with Crippen LogP contribution in [0.2, 0.25) is 0 Å². The van der Waals surface area contributed by atoms with E-state index in [0.717, 1.165) is 16.6 Å². The number of ether oxygens (including phenoxy) is 1. The van der Waals surface area contributed by atoms with Crippen LogP contribution in [0.4, 0.5) is 20.6 Å². The lowest BCUT2D eigenvalue weighted by atomic mass is 10.1. The highest BCUT2D eigenvalue weighted by atomic mass is 19.1. The van der Waals surface area contributed by atoms with Gasteiger partial charge in [0.15, 0.2) is 0 Å². The molecule has 0 saturated carbocycles. The Morgan fingerprint density at radius 1 is 0.912 bits per heavy atom. The fourth-order valence-electron chi connectivity index (χ4n) is 3.48. The largest absolute Gasteiger partial charge is 0.508 e. The first-order chi connectivity index (χ1) is 16.5. The summed E-state index contributed by atoms with van der Waals surface area (Å²) in [5.41, 5.74) is 3.35. The summed E-state index contributed by atoms with van der Waals surface area (Å²) >= 11 is 0. The summed E-state index contributed by atoms with van der Waals surface area (Å²) in [6, 6.07) is 22.7. The van der Waals surface area contributed by atoms with Crippen molar-refractivity contribution in [2.24, 2.45) is 0 Å². The summed E-state index contributed by atoms with van der Waals surface area (Å²) in [4.78, 5) is 19.8. The molecule has 0 aliphatic rings. The number of phenols is 1. The fourth-order valence-corrected chi connectivity index (χ4v) is 3.48. The Morgan fingerprint density at radius 2 is 1.68 bits per heavy atom. The minimum absolute atomic E-state index is 0.200. The summed E-state index contributed by atoms with van der Waals surface area (Å²) in [6.45, 7) is 0. The molecule has 0 spiro atoms. The van der Waals surface area contributed by atoms with Gasteiger partial charge in [-0.3, -0.25) is 0 Å². The highest BCUT2D eigenvalue weighted by Gasteiger charge is 2.11. The molecule has 0 aliphatic heterocycles. The van der Waals surface area contributed by atoms with E-state index < -0.39 is 11.8 Å². The molecular weight excluding hydrogens is 435 g/mol. The standard InChI is InChI=1S/C26H19FN4O3/c27-17-2-1-3-19(14-17)30-26(33)29-18-6-10-21(11-7-18)34-24-12-13-28-25-22(24)15-23(31-25)16-4-8-20(32)9-5-16/h1-15,32H,(H,28,31)(H2,29,30,33). The van der Waals surface area contributed by atoms with Crippen molar-refractivity contribution in [3.05, 3.63) is 96.9 Å². The zero-order chi connectivity index (χ0) is 23.5. The van der Waals surface area contributed by atoms with Crippen LogP contribution in [0.5, 0.6) is 17.2 Å². The molecule has 2 amide bonds. The number of urea groups is 1. The van der Waals surface area contributed by atoms with E-state index in [1.165, 1.54) is 18.2 Å². The molecule has 5 rings (SSSR count). The van der Waals surface area contributed by atoms with Crippen molar-refractivity contribution in [2.75, 3.05) is 10.6 Å². The van der Waals surface area contributed by atoms with Gasteiger partial charge in [-0.25, -0.2) is 14.2 Å². The molecule has 0 fully saturated rings. The average Bonchev–Trinajstić information content (AvgIpc) is 3.26. The molecule has 3 aromatic carbocycles. The number of nitrogens with one attached hydrogen (secondary N) is 3. The number of carbonyl (C=O) groups excluding carboxylic acids is 1. The Balaban J connectivity index is 1.29. The van der Waals surface area contributed by atoms with Gasteiger partial charge in [-0.2, -0.15) is 0 Å². The van der Waals surface area contributed by atoms with Gasteiger partial charge in [0.2, 0.25) is 0 Å². The van der Waals surface area contributed by atoms with E-state index in [-0.39, 0.29) is 5.75 Å². The van der Waals surface area contributed by atoms with Gasteiger partial charge in [0.1, 0.15) is 28.7 Å². The normalized spacial score (nSPS) is 10.7. The number of amides is 2. The van der Waals surface area contributed by atoms with Gasteiger partial charge in [-0.05, 0) is 84.4 Å². The van der Waals surface area contributed by atoms with Gasteiger partial charge in [0, 0.05) is 23.3 Å². The SMILES string of the molecule is O=C(Nc1ccc(Oc2ccnc3[nH]c(-c4ccc(O)cc4)cc23)cc1)Nc1cccc(F)c1. The Kier molecular flexibility index (Phi) is 5.53. The third kappa shape index (κ3) is 4.66. The van der Waals surface area contributed by atoms with Gasteiger partial charge in [0.05, 0.1) is 5.39 Å². The molecule has 0 atom stereocenters. The van der Waals surface area contributed by atoms with Gasteiger partial charge < -0.3 is 25.5 Å². The van der Waals surface area contributed by atoms with Crippen LogP contribution < -0.4 is 15.4 Å². The van der Waals surface area contributed by atoms with Gasteiger partial charge >= 0.3 is 6.03 Å². The summed E-state index contributed by atoms with van der Waals surface area (Å²) < 4.78 is 19.3. The molecule has 0 bridgehead atoms. The van der Waals surface area contributed by atoms with Crippen LogP contribution in [0.3, 0.4) is 0 Å². The lowest BCUT2D eigenvalue weighted by Crippen LogP contribution is -2.19. The molecule has 0 saturated heterocycles. The Labute approximate surface area is 193 Å². The summed E-state index contributed by atoms with van der Waals surface area (Å²) in [6.07, 6.45) is 1.65. The highest BCUT2D eigenvalue weighted by Crippen LogP contribution is 2.33. The predicted molar refractivity (Wildman–Crippen MR) is 129 cm³/mol. The van der Waals surface area contributed by atoms with Crippen LogP contribution in [-0.2, 0) is 0 Å². The van der Waals surface area contributed by atoms with Gasteiger partial charge in [-0.15, -0.1) is 0 Å². The van der Waals surface area contributed by atoms with Crippen molar-refractivity contribution in [3.63, 3.8) is 0 Å². The van der Waals surface area contributed by atoms with E-state index in [0.29, 0.717) is 28.5 Å². The van der Waals surface area contributed by atoms with E-state index >= 15 is 0 Å². The van der Waals surface area contributed by atoms with E-state index in [9.17, 15) is 14.3 Å². The number of halogens is 1. The number of H-pyrrole nitrogens is 1. The number of fused-ring (bicyclic) bond motifs is 1. The number of aromatic nitrogens is 2. The number of nitrogens with zero attached hydrogens (tertiary/aromatic N) is 1. The first-order valence-electron chi connectivity index (χ1n) is 10.4. The number of aromatic amines is 1. The molecular formula is C26H19FN4O3.